The lowest BCUT2D eigenvalue weighted by Crippen LogP contribution is -2.45. The van der Waals surface area contributed by atoms with Crippen LogP contribution in [0.15, 0.2) is 42.5 Å². The minimum atomic E-state index is -3.66. The highest BCUT2D eigenvalue weighted by atomic mass is 32.2. The number of hydrogen-bond donors (Lipinski definition) is 1. The van der Waals surface area contributed by atoms with E-state index in [4.69, 9.17) is 4.74 Å². The molecule has 146 valence electrons. The Labute approximate surface area is 161 Å². The maximum atomic E-state index is 12.8. The van der Waals surface area contributed by atoms with Crippen molar-refractivity contribution in [2.24, 2.45) is 0 Å². The van der Waals surface area contributed by atoms with Crippen LogP contribution >= 0.6 is 0 Å². The van der Waals surface area contributed by atoms with Gasteiger partial charge >= 0.3 is 0 Å². The van der Waals surface area contributed by atoms with Crippen molar-refractivity contribution in [1.29, 1.82) is 0 Å². The summed E-state index contributed by atoms with van der Waals surface area (Å²) < 4.78 is 31.2. The number of hydrogen-bond acceptors (Lipinski definition) is 4. The number of aryl methyl sites for hydroxylation is 2. The molecule has 2 aromatic carbocycles. The molecular formula is C20H26N2O4S. The van der Waals surface area contributed by atoms with Crippen LogP contribution in [0.5, 0.6) is 0 Å². The fraction of sp³-hybridized carbons (Fsp3) is 0.350. The molecule has 0 spiro atoms. The standard InChI is InChI=1S/C20H26N2O4S/c1-14-9-10-15(2)19(11-14)22(27(5,24)25)16(3)20(23)21-18-8-6-7-17(12-18)13-26-4/h6-12,16H,13H2,1-5H3,(H,21,23)/t16-/m1/s1. The van der Waals surface area contributed by atoms with Gasteiger partial charge in [-0.2, -0.15) is 0 Å². The summed E-state index contributed by atoms with van der Waals surface area (Å²) >= 11 is 0. The fourth-order valence-electron chi connectivity index (χ4n) is 2.89. The molecule has 0 aliphatic heterocycles. The average molecular weight is 391 g/mol. The molecule has 6 nitrogen and oxygen atoms in total. The number of nitrogens with one attached hydrogen (secondary N) is 1. The fourth-order valence-corrected chi connectivity index (χ4v) is 4.11. The van der Waals surface area contributed by atoms with E-state index in [2.05, 4.69) is 5.32 Å². The van der Waals surface area contributed by atoms with Gasteiger partial charge in [0.25, 0.3) is 0 Å². The maximum absolute atomic E-state index is 12.8. The predicted molar refractivity (Wildman–Crippen MR) is 108 cm³/mol. The molecule has 0 heterocycles. The molecule has 0 unspecified atom stereocenters. The summed E-state index contributed by atoms with van der Waals surface area (Å²) in [5.41, 5.74) is 3.72. The van der Waals surface area contributed by atoms with Crippen LogP contribution in [0.25, 0.3) is 0 Å². The van der Waals surface area contributed by atoms with Gasteiger partial charge in [0.2, 0.25) is 15.9 Å². The molecular weight excluding hydrogens is 364 g/mol. The zero-order valence-electron chi connectivity index (χ0n) is 16.3. The number of nitrogens with zero attached hydrogens (tertiary/aromatic N) is 1. The van der Waals surface area contributed by atoms with Gasteiger partial charge in [-0.1, -0.05) is 24.3 Å². The van der Waals surface area contributed by atoms with E-state index in [-0.39, 0.29) is 0 Å². The normalized spacial score (nSPS) is 12.5. The third-order valence-electron chi connectivity index (χ3n) is 4.20. The summed E-state index contributed by atoms with van der Waals surface area (Å²) in [7, 11) is -2.06. The molecule has 7 heteroatoms. The Balaban J connectivity index is 2.33. The molecule has 0 radical (unpaired) electrons. The predicted octanol–water partition coefficient (Wildman–Crippen LogP) is 3.24. The summed E-state index contributed by atoms with van der Waals surface area (Å²) in [6, 6.07) is 11.9. The molecule has 0 saturated carbocycles. The van der Waals surface area contributed by atoms with E-state index >= 15 is 0 Å². The minimum Gasteiger partial charge on any atom is -0.380 e. The van der Waals surface area contributed by atoms with Gasteiger partial charge in [-0.25, -0.2) is 8.42 Å². The van der Waals surface area contributed by atoms with Crippen LogP contribution in [0, 0.1) is 13.8 Å². The van der Waals surface area contributed by atoms with Crippen LogP contribution in [-0.4, -0.2) is 33.7 Å². The second-order valence-corrected chi connectivity index (χ2v) is 8.51. The highest BCUT2D eigenvalue weighted by Crippen LogP contribution is 2.26. The second kappa shape index (κ2) is 8.54. The van der Waals surface area contributed by atoms with Gasteiger partial charge in [-0.3, -0.25) is 9.10 Å². The third-order valence-corrected chi connectivity index (χ3v) is 5.42. The molecule has 0 saturated heterocycles. The Bertz CT molecular complexity index is 925. The molecule has 0 aromatic heterocycles. The van der Waals surface area contributed by atoms with E-state index in [1.807, 2.05) is 38.1 Å². The van der Waals surface area contributed by atoms with Gasteiger partial charge in [0.05, 0.1) is 18.6 Å². The molecule has 0 fully saturated rings. The lowest BCUT2D eigenvalue weighted by Gasteiger charge is -2.29. The Morgan fingerprint density at radius 2 is 1.89 bits per heavy atom. The first-order valence-corrected chi connectivity index (χ1v) is 10.4. The van der Waals surface area contributed by atoms with E-state index in [9.17, 15) is 13.2 Å². The topological polar surface area (TPSA) is 75.7 Å². The van der Waals surface area contributed by atoms with E-state index < -0.39 is 22.0 Å². The second-order valence-electron chi connectivity index (χ2n) is 6.65. The summed E-state index contributed by atoms with van der Waals surface area (Å²) in [4.78, 5) is 12.8. The van der Waals surface area contributed by atoms with Crippen LogP contribution in [0.3, 0.4) is 0 Å². The maximum Gasteiger partial charge on any atom is 0.247 e. The smallest absolute Gasteiger partial charge is 0.247 e. The van der Waals surface area contributed by atoms with E-state index in [1.165, 1.54) is 4.31 Å². The molecule has 1 atom stereocenters. The first kappa shape index (κ1) is 20.9. The number of sulfonamides is 1. The molecule has 0 aliphatic rings. The van der Waals surface area contributed by atoms with E-state index in [0.717, 1.165) is 22.9 Å². The van der Waals surface area contributed by atoms with E-state index in [1.54, 1.807) is 32.2 Å². The Morgan fingerprint density at radius 3 is 2.52 bits per heavy atom. The Hall–Kier alpha value is -2.38. The summed E-state index contributed by atoms with van der Waals surface area (Å²) in [5.74, 6) is -0.407. The molecule has 2 aromatic rings. The molecule has 2 rings (SSSR count). The summed E-state index contributed by atoms with van der Waals surface area (Å²) in [6.07, 6.45) is 1.11. The lowest BCUT2D eigenvalue weighted by molar-refractivity contribution is -0.116. The molecule has 1 N–H and O–H groups in total. The number of anilines is 2. The van der Waals surface area contributed by atoms with Crippen LogP contribution in [0.2, 0.25) is 0 Å². The lowest BCUT2D eigenvalue weighted by atomic mass is 10.1. The highest BCUT2D eigenvalue weighted by molar-refractivity contribution is 7.92. The first-order valence-electron chi connectivity index (χ1n) is 8.59. The van der Waals surface area contributed by atoms with Crippen LogP contribution < -0.4 is 9.62 Å². The number of rotatable bonds is 7. The zero-order valence-corrected chi connectivity index (χ0v) is 17.1. The molecule has 0 aliphatic carbocycles. The van der Waals surface area contributed by atoms with Crippen molar-refractivity contribution in [2.45, 2.75) is 33.4 Å². The number of benzene rings is 2. The van der Waals surface area contributed by atoms with Crippen molar-refractivity contribution in [3.05, 3.63) is 59.2 Å². The van der Waals surface area contributed by atoms with Crippen molar-refractivity contribution < 1.29 is 17.9 Å². The number of carbonyl (C=O) groups excluding carboxylic acids is 1. The minimum absolute atomic E-state index is 0.407. The Kier molecular flexibility index (Phi) is 6.62. The number of carbonyl (C=O) groups is 1. The van der Waals surface area contributed by atoms with Gasteiger partial charge in [0.15, 0.2) is 0 Å². The van der Waals surface area contributed by atoms with Gasteiger partial charge < -0.3 is 10.1 Å². The van der Waals surface area contributed by atoms with Crippen LogP contribution in [-0.2, 0) is 26.2 Å². The zero-order chi connectivity index (χ0) is 20.2. The van der Waals surface area contributed by atoms with Gasteiger partial charge in [-0.05, 0) is 55.7 Å². The number of methoxy groups -OCH3 is 1. The van der Waals surface area contributed by atoms with Crippen molar-refractivity contribution in [2.75, 3.05) is 23.0 Å². The third kappa shape index (κ3) is 5.30. The average Bonchev–Trinajstić information content (AvgIpc) is 2.57. The molecule has 1 amide bonds. The number of amides is 1. The summed E-state index contributed by atoms with van der Waals surface area (Å²) in [5, 5.41) is 2.80. The molecule has 0 bridgehead atoms. The largest absolute Gasteiger partial charge is 0.380 e. The molecule has 27 heavy (non-hydrogen) atoms. The monoisotopic (exact) mass is 390 g/mol. The number of ether oxygens (including phenoxy) is 1. The SMILES string of the molecule is COCc1cccc(NC(=O)[C@@H](C)N(c2cc(C)ccc2C)S(C)(=O)=O)c1. The summed E-state index contributed by atoms with van der Waals surface area (Å²) in [6.45, 7) is 5.72. The quantitative estimate of drug-likeness (QED) is 0.787. The Morgan fingerprint density at radius 1 is 1.19 bits per heavy atom. The van der Waals surface area contributed by atoms with Gasteiger partial charge in [0, 0.05) is 12.8 Å². The van der Waals surface area contributed by atoms with Crippen molar-refractivity contribution >= 4 is 27.3 Å². The van der Waals surface area contributed by atoms with Crippen LogP contribution in [0.1, 0.15) is 23.6 Å². The first-order chi connectivity index (χ1) is 12.6. The van der Waals surface area contributed by atoms with Gasteiger partial charge in [-0.15, -0.1) is 0 Å². The van der Waals surface area contributed by atoms with Crippen LogP contribution in [0.4, 0.5) is 11.4 Å². The van der Waals surface area contributed by atoms with Crippen molar-refractivity contribution in [3.63, 3.8) is 0 Å². The van der Waals surface area contributed by atoms with Crippen molar-refractivity contribution in [1.82, 2.24) is 0 Å². The van der Waals surface area contributed by atoms with E-state index in [0.29, 0.717) is 18.0 Å². The highest BCUT2D eigenvalue weighted by Gasteiger charge is 2.30. The van der Waals surface area contributed by atoms with Gasteiger partial charge in [0.1, 0.15) is 6.04 Å². The van der Waals surface area contributed by atoms with Crippen molar-refractivity contribution in [3.8, 4) is 0 Å².